The van der Waals surface area contributed by atoms with Crippen molar-refractivity contribution in [1.29, 1.82) is 0 Å². The van der Waals surface area contributed by atoms with E-state index in [2.05, 4.69) is 16.0 Å². The zero-order valence-corrected chi connectivity index (χ0v) is 16.5. The maximum absolute atomic E-state index is 6.00. The first-order valence-electron chi connectivity index (χ1n) is 7.68. The fraction of sp³-hybridized carbons (Fsp3) is 0.294. The number of para-hydroxylation sites is 1. The Kier molecular flexibility index (Phi) is 5.09. The number of nitrogens with zero attached hydrogens (tertiary/aromatic N) is 3. The molecule has 2 N–H and O–H groups in total. The van der Waals surface area contributed by atoms with Crippen molar-refractivity contribution in [3.05, 3.63) is 42.2 Å². The highest BCUT2D eigenvalue weighted by Crippen LogP contribution is 2.31. The highest BCUT2D eigenvalue weighted by Gasteiger charge is 2.27. The van der Waals surface area contributed by atoms with Crippen molar-refractivity contribution in [3.8, 4) is 10.8 Å². The Morgan fingerprint density at radius 2 is 2.12 bits per heavy atom. The van der Waals surface area contributed by atoms with Gasteiger partial charge in [0.1, 0.15) is 12.3 Å². The van der Waals surface area contributed by atoms with E-state index < -0.39 is 0 Å². The third-order valence-corrected chi connectivity index (χ3v) is 5.07. The lowest BCUT2D eigenvalue weighted by molar-refractivity contribution is 0.481. The van der Waals surface area contributed by atoms with Crippen molar-refractivity contribution in [3.63, 3.8) is 0 Å². The van der Waals surface area contributed by atoms with Crippen LogP contribution in [-0.2, 0) is 6.54 Å². The van der Waals surface area contributed by atoms with E-state index in [9.17, 15) is 0 Å². The van der Waals surface area contributed by atoms with Gasteiger partial charge in [0.25, 0.3) is 0 Å². The summed E-state index contributed by atoms with van der Waals surface area (Å²) in [4.78, 5) is 11.1. The van der Waals surface area contributed by atoms with Crippen LogP contribution in [0.5, 0.6) is 0 Å². The average molecular weight is 454 g/mol. The quantitative estimate of drug-likeness (QED) is 0.367. The van der Waals surface area contributed by atoms with Crippen molar-refractivity contribution in [1.82, 2.24) is 9.88 Å². The lowest BCUT2D eigenvalue weighted by Crippen LogP contribution is -2.35. The third-order valence-electron chi connectivity index (χ3n) is 4.02. The molecule has 5 nitrogen and oxygen atoms in total. The van der Waals surface area contributed by atoms with E-state index in [1.54, 1.807) is 11.3 Å². The van der Waals surface area contributed by atoms with Gasteiger partial charge >= 0.3 is 0 Å². The minimum Gasteiger partial charge on any atom is -0.457 e. The molecule has 0 unspecified atom stereocenters. The molecule has 1 fully saturated rings. The number of furan rings is 1. The number of aliphatic imine (C=N–C) groups is 1. The van der Waals surface area contributed by atoms with Crippen LogP contribution < -0.4 is 5.73 Å². The number of hydrogen-bond donors (Lipinski definition) is 1. The predicted octanol–water partition coefficient (Wildman–Crippen LogP) is 4.08. The Balaban J connectivity index is 0.00000169. The molecule has 0 saturated heterocycles. The number of thiazole rings is 1. The van der Waals surface area contributed by atoms with Gasteiger partial charge in [0, 0.05) is 13.1 Å². The molecule has 2 heterocycles. The molecule has 3 aromatic rings. The molecule has 7 heteroatoms. The molecule has 0 bridgehead atoms. The molecule has 126 valence electrons. The van der Waals surface area contributed by atoms with E-state index in [0.717, 1.165) is 26.7 Å². The number of hydrogen-bond acceptors (Lipinski definition) is 4. The lowest BCUT2D eigenvalue weighted by atomic mass is 10.3. The number of rotatable bonds is 4. The number of halogens is 1. The third kappa shape index (κ3) is 3.56. The molecule has 4 rings (SSSR count). The summed E-state index contributed by atoms with van der Waals surface area (Å²) < 4.78 is 7.03. The largest absolute Gasteiger partial charge is 0.457 e. The van der Waals surface area contributed by atoms with Crippen molar-refractivity contribution >= 4 is 51.5 Å². The summed E-state index contributed by atoms with van der Waals surface area (Å²) in [7, 11) is 1.99. The number of fused-ring (bicyclic) bond motifs is 1. The van der Waals surface area contributed by atoms with Crippen molar-refractivity contribution in [2.75, 3.05) is 7.05 Å². The molecule has 0 atom stereocenters. The van der Waals surface area contributed by atoms with Gasteiger partial charge in [0.2, 0.25) is 0 Å². The zero-order valence-electron chi connectivity index (χ0n) is 13.3. The fourth-order valence-corrected chi connectivity index (χ4v) is 3.40. The molecular weight excluding hydrogens is 435 g/mol. The van der Waals surface area contributed by atoms with Crippen LogP contribution in [0.3, 0.4) is 0 Å². The van der Waals surface area contributed by atoms with Crippen molar-refractivity contribution in [2.45, 2.75) is 25.4 Å². The number of nitrogens with two attached hydrogens (primary N) is 1. The van der Waals surface area contributed by atoms with E-state index >= 15 is 0 Å². The molecule has 1 saturated carbocycles. The minimum absolute atomic E-state index is 0. The molecule has 1 aromatic carbocycles. The van der Waals surface area contributed by atoms with Crippen LogP contribution in [0.2, 0.25) is 0 Å². The van der Waals surface area contributed by atoms with E-state index in [4.69, 9.17) is 10.2 Å². The van der Waals surface area contributed by atoms with Gasteiger partial charge in [-0.25, -0.2) is 9.98 Å². The second-order valence-corrected chi connectivity index (χ2v) is 6.80. The molecule has 1 aliphatic rings. The molecule has 0 radical (unpaired) electrons. The zero-order chi connectivity index (χ0) is 15.8. The number of benzene rings is 1. The van der Waals surface area contributed by atoms with Gasteiger partial charge in [-0.15, -0.1) is 35.3 Å². The standard InChI is InChI=1S/C17H18N4OS.HI/c1-21(11-6-7-11)17(18)19-10-12-8-9-14(22-12)16-20-13-4-2-3-5-15(13)23-16;/h2-5,8-9,11H,6-7,10H2,1H3,(H2,18,19);1H. The van der Waals surface area contributed by atoms with Gasteiger partial charge in [-0.05, 0) is 37.1 Å². The van der Waals surface area contributed by atoms with Crippen LogP contribution in [0, 0.1) is 0 Å². The maximum Gasteiger partial charge on any atom is 0.191 e. The van der Waals surface area contributed by atoms with Crippen LogP contribution >= 0.6 is 35.3 Å². The monoisotopic (exact) mass is 454 g/mol. The van der Waals surface area contributed by atoms with Crippen molar-refractivity contribution < 1.29 is 4.42 Å². The second-order valence-electron chi connectivity index (χ2n) is 5.77. The van der Waals surface area contributed by atoms with E-state index in [1.165, 1.54) is 12.8 Å². The first-order valence-corrected chi connectivity index (χ1v) is 8.50. The van der Waals surface area contributed by atoms with Crippen LogP contribution in [0.1, 0.15) is 18.6 Å². The Morgan fingerprint density at radius 3 is 2.88 bits per heavy atom. The molecule has 24 heavy (non-hydrogen) atoms. The number of guanidine groups is 1. The van der Waals surface area contributed by atoms with Crippen LogP contribution in [0.4, 0.5) is 0 Å². The Morgan fingerprint density at radius 1 is 1.33 bits per heavy atom. The van der Waals surface area contributed by atoms with Gasteiger partial charge in [0.05, 0.1) is 10.2 Å². The van der Waals surface area contributed by atoms with Crippen LogP contribution in [-0.4, -0.2) is 28.9 Å². The summed E-state index contributed by atoms with van der Waals surface area (Å²) in [6, 6.07) is 12.5. The Labute approximate surface area is 161 Å². The van der Waals surface area contributed by atoms with Gasteiger partial charge in [0.15, 0.2) is 16.7 Å². The van der Waals surface area contributed by atoms with Crippen molar-refractivity contribution in [2.24, 2.45) is 10.7 Å². The van der Waals surface area contributed by atoms with E-state index in [-0.39, 0.29) is 24.0 Å². The second kappa shape index (κ2) is 7.10. The van der Waals surface area contributed by atoms with E-state index in [0.29, 0.717) is 18.5 Å². The van der Waals surface area contributed by atoms with E-state index in [1.807, 2.05) is 42.3 Å². The predicted molar refractivity (Wildman–Crippen MR) is 109 cm³/mol. The summed E-state index contributed by atoms with van der Waals surface area (Å²) >= 11 is 1.63. The Bertz CT molecular complexity index is 835. The SMILES string of the molecule is CN(C(N)=NCc1ccc(-c2nc3ccccc3s2)o1)C1CC1.I. The first-order chi connectivity index (χ1) is 11.2. The van der Waals surface area contributed by atoms with Crippen LogP contribution in [0.25, 0.3) is 21.0 Å². The van der Waals surface area contributed by atoms with Gasteiger partial charge in [-0.2, -0.15) is 0 Å². The normalized spacial score (nSPS) is 14.6. The first kappa shape index (κ1) is 17.2. The average Bonchev–Trinajstić information content (AvgIpc) is 3.15. The highest BCUT2D eigenvalue weighted by molar-refractivity contribution is 14.0. The molecule has 0 spiro atoms. The van der Waals surface area contributed by atoms with Gasteiger partial charge in [-0.1, -0.05) is 12.1 Å². The summed E-state index contributed by atoms with van der Waals surface area (Å²) in [6.45, 7) is 0.452. The Hall–Kier alpha value is -1.61. The topological polar surface area (TPSA) is 67.7 Å². The highest BCUT2D eigenvalue weighted by atomic mass is 127. The lowest BCUT2D eigenvalue weighted by Gasteiger charge is -2.16. The molecule has 0 aliphatic heterocycles. The summed E-state index contributed by atoms with van der Waals surface area (Å²) in [5, 5.41) is 0.893. The number of aromatic nitrogens is 1. The van der Waals surface area contributed by atoms with Gasteiger partial charge < -0.3 is 15.1 Å². The fourth-order valence-electron chi connectivity index (χ4n) is 2.47. The minimum atomic E-state index is 0. The molecule has 0 amide bonds. The molecule has 2 aromatic heterocycles. The summed E-state index contributed by atoms with van der Waals surface area (Å²) in [6.07, 6.45) is 2.41. The summed E-state index contributed by atoms with van der Waals surface area (Å²) in [5.74, 6) is 2.15. The maximum atomic E-state index is 6.00. The molecular formula is C17H19IN4OS. The van der Waals surface area contributed by atoms with Gasteiger partial charge in [-0.3, -0.25) is 0 Å². The summed E-state index contributed by atoms with van der Waals surface area (Å²) in [5.41, 5.74) is 7.00. The molecule has 1 aliphatic carbocycles. The van der Waals surface area contributed by atoms with Crippen LogP contribution in [0.15, 0.2) is 45.8 Å². The smallest absolute Gasteiger partial charge is 0.191 e.